The Balaban J connectivity index is 4.36. The van der Waals surface area contributed by atoms with Gasteiger partial charge in [-0.05, 0) is 39.5 Å². The van der Waals surface area contributed by atoms with Crippen molar-refractivity contribution in [2.75, 3.05) is 20.8 Å². The van der Waals surface area contributed by atoms with Crippen LogP contribution in [-0.2, 0) is 23.8 Å². The summed E-state index contributed by atoms with van der Waals surface area (Å²) in [5.41, 5.74) is -0.581. The minimum absolute atomic E-state index is 0.354. The fourth-order valence-electron chi connectivity index (χ4n) is 1.54. The molecular weight excluding hydrogens is 260 g/mol. The maximum Gasteiger partial charge on any atom is 0.347 e. The van der Waals surface area contributed by atoms with Crippen LogP contribution in [0.1, 0.15) is 52.9 Å². The van der Waals surface area contributed by atoms with E-state index in [4.69, 9.17) is 14.2 Å². The Kier molecular flexibility index (Phi) is 9.21. The van der Waals surface area contributed by atoms with E-state index in [-0.39, 0.29) is 5.97 Å². The molecule has 0 aromatic rings. The van der Waals surface area contributed by atoms with Crippen molar-refractivity contribution in [2.45, 2.75) is 59.0 Å². The van der Waals surface area contributed by atoms with Crippen molar-refractivity contribution in [3.8, 4) is 0 Å². The molecular formula is C15H28O5. The lowest BCUT2D eigenvalue weighted by molar-refractivity contribution is -0.172. The second kappa shape index (κ2) is 9.75. The largest absolute Gasteiger partial charge is 0.466 e. The van der Waals surface area contributed by atoms with Crippen LogP contribution in [0.4, 0.5) is 0 Å². The van der Waals surface area contributed by atoms with Gasteiger partial charge in [0, 0.05) is 13.7 Å². The van der Waals surface area contributed by atoms with Crippen LogP contribution in [0.3, 0.4) is 0 Å². The number of unbranched alkanes of at least 4 members (excludes halogenated alkanes) is 2. The van der Waals surface area contributed by atoms with Crippen LogP contribution >= 0.6 is 0 Å². The molecule has 0 aliphatic carbocycles. The third-order valence-electron chi connectivity index (χ3n) is 3.46. The highest BCUT2D eigenvalue weighted by molar-refractivity contribution is 5.81. The molecule has 0 saturated carbocycles. The van der Waals surface area contributed by atoms with Crippen molar-refractivity contribution >= 4 is 11.9 Å². The summed E-state index contributed by atoms with van der Waals surface area (Å²) in [6.45, 7) is 6.23. The Morgan fingerprint density at radius 2 is 1.75 bits per heavy atom. The zero-order valence-electron chi connectivity index (χ0n) is 13.4. The summed E-state index contributed by atoms with van der Waals surface area (Å²) in [6.07, 6.45) is 2.99. The summed E-state index contributed by atoms with van der Waals surface area (Å²) < 4.78 is 15.0. The zero-order chi connectivity index (χ0) is 15.6. The van der Waals surface area contributed by atoms with Crippen LogP contribution in [-0.4, -0.2) is 38.9 Å². The van der Waals surface area contributed by atoms with Gasteiger partial charge in [-0.2, -0.15) is 0 Å². The summed E-state index contributed by atoms with van der Waals surface area (Å²) in [5.74, 6) is -0.843. The molecule has 0 radical (unpaired) electrons. The molecule has 5 nitrogen and oxygen atoms in total. The first-order valence-electron chi connectivity index (χ1n) is 7.16. The Bertz CT molecular complexity index is 299. The van der Waals surface area contributed by atoms with E-state index in [1.54, 1.807) is 7.11 Å². The number of ether oxygens (including phenoxy) is 3. The molecule has 0 fully saturated rings. The molecule has 0 spiro atoms. The quantitative estimate of drug-likeness (QED) is 0.457. The number of carbonyl (C=O) groups excluding carboxylic acids is 2. The molecule has 0 saturated heterocycles. The minimum Gasteiger partial charge on any atom is -0.466 e. The standard InChI is InChI=1S/C15H28O5/c1-6-15(2,3)14(17)20-12(13(16)19-5)10-8-7-9-11-18-4/h12H,6-11H2,1-5H3. The second-order valence-corrected chi connectivity index (χ2v) is 5.50. The van der Waals surface area contributed by atoms with Crippen molar-refractivity contribution < 1.29 is 23.8 Å². The van der Waals surface area contributed by atoms with Gasteiger partial charge < -0.3 is 14.2 Å². The summed E-state index contributed by atoms with van der Waals surface area (Å²) in [4.78, 5) is 23.7. The molecule has 0 amide bonds. The van der Waals surface area contributed by atoms with Gasteiger partial charge >= 0.3 is 11.9 Å². The highest BCUT2D eigenvalue weighted by Crippen LogP contribution is 2.23. The van der Waals surface area contributed by atoms with Crippen molar-refractivity contribution in [3.05, 3.63) is 0 Å². The van der Waals surface area contributed by atoms with E-state index >= 15 is 0 Å². The number of esters is 2. The second-order valence-electron chi connectivity index (χ2n) is 5.50. The third kappa shape index (κ3) is 6.89. The smallest absolute Gasteiger partial charge is 0.347 e. The van der Waals surface area contributed by atoms with Crippen molar-refractivity contribution in [1.29, 1.82) is 0 Å². The van der Waals surface area contributed by atoms with E-state index in [0.29, 0.717) is 19.4 Å². The van der Waals surface area contributed by atoms with Gasteiger partial charge in [0.25, 0.3) is 0 Å². The molecule has 0 aromatic carbocycles. The molecule has 0 rings (SSSR count). The van der Waals surface area contributed by atoms with Crippen LogP contribution in [0.25, 0.3) is 0 Å². The lowest BCUT2D eigenvalue weighted by Crippen LogP contribution is -2.34. The van der Waals surface area contributed by atoms with Gasteiger partial charge in [0.05, 0.1) is 12.5 Å². The van der Waals surface area contributed by atoms with E-state index in [1.165, 1.54) is 7.11 Å². The fourth-order valence-corrected chi connectivity index (χ4v) is 1.54. The number of rotatable bonds is 10. The van der Waals surface area contributed by atoms with Gasteiger partial charge in [-0.3, -0.25) is 4.79 Å². The molecule has 0 aromatic heterocycles. The molecule has 118 valence electrons. The SMILES string of the molecule is CCC(C)(C)C(=O)OC(CCCCCOC)C(=O)OC. The first-order valence-corrected chi connectivity index (χ1v) is 7.16. The van der Waals surface area contributed by atoms with Gasteiger partial charge in [0.15, 0.2) is 6.10 Å². The monoisotopic (exact) mass is 288 g/mol. The normalized spacial score (nSPS) is 12.8. The minimum atomic E-state index is -0.805. The molecule has 0 aliphatic rings. The van der Waals surface area contributed by atoms with E-state index in [9.17, 15) is 9.59 Å². The zero-order valence-corrected chi connectivity index (χ0v) is 13.4. The van der Waals surface area contributed by atoms with Crippen LogP contribution in [0.15, 0.2) is 0 Å². The summed E-state index contributed by atoms with van der Waals surface area (Å²) in [5, 5.41) is 0. The first-order chi connectivity index (χ1) is 9.38. The predicted molar refractivity (Wildman–Crippen MR) is 76.3 cm³/mol. The Labute approximate surface area is 122 Å². The van der Waals surface area contributed by atoms with Crippen LogP contribution in [0.5, 0.6) is 0 Å². The van der Waals surface area contributed by atoms with Gasteiger partial charge in [0.2, 0.25) is 0 Å². The summed E-state index contributed by atoms with van der Waals surface area (Å²) in [6, 6.07) is 0. The topological polar surface area (TPSA) is 61.8 Å². The van der Waals surface area contributed by atoms with Crippen molar-refractivity contribution in [3.63, 3.8) is 0 Å². The van der Waals surface area contributed by atoms with E-state index in [2.05, 4.69) is 0 Å². The molecule has 0 bridgehead atoms. The Morgan fingerprint density at radius 3 is 2.25 bits per heavy atom. The van der Waals surface area contributed by atoms with Gasteiger partial charge in [-0.1, -0.05) is 13.3 Å². The van der Waals surface area contributed by atoms with Crippen LogP contribution < -0.4 is 0 Å². The average molecular weight is 288 g/mol. The van der Waals surface area contributed by atoms with E-state index in [1.807, 2.05) is 20.8 Å². The molecule has 0 aliphatic heterocycles. The highest BCUT2D eigenvalue weighted by Gasteiger charge is 2.32. The van der Waals surface area contributed by atoms with Crippen molar-refractivity contribution in [2.24, 2.45) is 5.41 Å². The highest BCUT2D eigenvalue weighted by atomic mass is 16.6. The number of hydrogen-bond acceptors (Lipinski definition) is 5. The third-order valence-corrected chi connectivity index (χ3v) is 3.46. The number of hydrogen-bond donors (Lipinski definition) is 0. The van der Waals surface area contributed by atoms with E-state index in [0.717, 1.165) is 19.3 Å². The molecule has 0 N–H and O–H groups in total. The number of methoxy groups -OCH3 is 2. The molecule has 1 atom stereocenters. The molecule has 20 heavy (non-hydrogen) atoms. The Hall–Kier alpha value is -1.10. The van der Waals surface area contributed by atoms with Gasteiger partial charge in [-0.25, -0.2) is 4.79 Å². The molecule has 0 heterocycles. The lowest BCUT2D eigenvalue weighted by atomic mass is 9.90. The number of carbonyl (C=O) groups is 2. The van der Waals surface area contributed by atoms with Crippen LogP contribution in [0, 0.1) is 5.41 Å². The maximum atomic E-state index is 12.0. The molecule has 1 unspecified atom stereocenters. The predicted octanol–water partition coefficient (Wildman–Crippen LogP) is 2.71. The average Bonchev–Trinajstić information content (AvgIpc) is 2.44. The summed E-state index contributed by atoms with van der Waals surface area (Å²) in [7, 11) is 2.96. The summed E-state index contributed by atoms with van der Waals surface area (Å²) >= 11 is 0. The van der Waals surface area contributed by atoms with Crippen LogP contribution in [0.2, 0.25) is 0 Å². The van der Waals surface area contributed by atoms with E-state index < -0.39 is 17.5 Å². The van der Waals surface area contributed by atoms with Gasteiger partial charge in [0.1, 0.15) is 0 Å². The van der Waals surface area contributed by atoms with Gasteiger partial charge in [-0.15, -0.1) is 0 Å². The maximum absolute atomic E-state index is 12.0. The fraction of sp³-hybridized carbons (Fsp3) is 0.867. The van der Waals surface area contributed by atoms with Crippen molar-refractivity contribution in [1.82, 2.24) is 0 Å². The Morgan fingerprint density at radius 1 is 1.10 bits per heavy atom. The lowest BCUT2D eigenvalue weighted by Gasteiger charge is -2.24. The first kappa shape index (κ1) is 18.9. The molecule has 5 heteroatoms.